The molecule has 0 bridgehead atoms. The maximum atomic E-state index is 4.27. The van der Waals surface area contributed by atoms with Crippen molar-refractivity contribution < 1.29 is 0 Å². The van der Waals surface area contributed by atoms with Gasteiger partial charge in [-0.25, -0.2) is 0 Å². The van der Waals surface area contributed by atoms with Gasteiger partial charge in [-0.1, -0.05) is 19.1 Å². The predicted octanol–water partition coefficient (Wildman–Crippen LogP) is 2.92. The molecule has 1 aliphatic rings. The van der Waals surface area contributed by atoms with Crippen molar-refractivity contribution in [1.29, 1.82) is 0 Å². The van der Waals surface area contributed by atoms with Gasteiger partial charge in [-0.2, -0.15) is 0 Å². The molecule has 21 heavy (non-hydrogen) atoms. The number of benzene rings is 1. The number of hydrogen-bond donors (Lipinski definition) is 2. The Balaban J connectivity index is 2.01. The molecule has 1 atom stereocenters. The minimum atomic E-state index is 0.246. The van der Waals surface area contributed by atoms with Gasteiger partial charge in [0.2, 0.25) is 0 Å². The normalized spacial score (nSPS) is 16.9. The molecule has 1 heterocycles. The van der Waals surface area contributed by atoms with Crippen LogP contribution >= 0.6 is 0 Å². The van der Waals surface area contributed by atoms with E-state index < -0.39 is 0 Å². The number of guanidine groups is 1. The van der Waals surface area contributed by atoms with Gasteiger partial charge in [-0.15, -0.1) is 0 Å². The van der Waals surface area contributed by atoms with Crippen LogP contribution < -0.4 is 15.5 Å². The van der Waals surface area contributed by atoms with E-state index in [-0.39, 0.29) is 6.04 Å². The molecule has 1 aromatic carbocycles. The van der Waals surface area contributed by atoms with Crippen LogP contribution in [0.2, 0.25) is 0 Å². The highest BCUT2D eigenvalue weighted by atomic mass is 15.2. The molecule has 1 aliphatic heterocycles. The smallest absolute Gasteiger partial charge is 0.191 e. The molecule has 0 spiro atoms. The van der Waals surface area contributed by atoms with Crippen molar-refractivity contribution in [2.75, 3.05) is 31.6 Å². The molecule has 0 aromatic heterocycles. The van der Waals surface area contributed by atoms with Gasteiger partial charge in [0.05, 0.1) is 6.04 Å². The summed E-state index contributed by atoms with van der Waals surface area (Å²) >= 11 is 0. The summed E-state index contributed by atoms with van der Waals surface area (Å²) < 4.78 is 0. The van der Waals surface area contributed by atoms with E-state index in [0.29, 0.717) is 0 Å². The highest BCUT2D eigenvalue weighted by molar-refractivity contribution is 5.80. The molecule has 4 heteroatoms. The summed E-state index contributed by atoms with van der Waals surface area (Å²) in [5, 5.41) is 6.77. The molecule has 0 saturated carbocycles. The predicted molar refractivity (Wildman–Crippen MR) is 91.1 cm³/mol. The van der Waals surface area contributed by atoms with Gasteiger partial charge in [0, 0.05) is 32.4 Å². The van der Waals surface area contributed by atoms with E-state index in [9.17, 15) is 0 Å². The van der Waals surface area contributed by atoms with Gasteiger partial charge in [0.25, 0.3) is 0 Å². The van der Waals surface area contributed by atoms with Crippen molar-refractivity contribution in [3.8, 4) is 0 Å². The third-order valence-corrected chi connectivity index (χ3v) is 3.96. The Hall–Kier alpha value is -1.71. The van der Waals surface area contributed by atoms with Crippen LogP contribution in [0.3, 0.4) is 0 Å². The number of hydrogen-bond acceptors (Lipinski definition) is 2. The molecular weight excluding hydrogens is 260 g/mol. The molecule has 2 rings (SSSR count). The fourth-order valence-corrected chi connectivity index (χ4v) is 2.69. The molecule has 4 nitrogen and oxygen atoms in total. The molecule has 2 N–H and O–H groups in total. The summed E-state index contributed by atoms with van der Waals surface area (Å²) in [6.45, 7) is 7.65. The fraction of sp³-hybridized carbons (Fsp3) is 0.588. The molecule has 0 aliphatic carbocycles. The van der Waals surface area contributed by atoms with Crippen molar-refractivity contribution in [2.24, 2.45) is 4.99 Å². The van der Waals surface area contributed by atoms with Crippen LogP contribution in [0.25, 0.3) is 0 Å². The number of rotatable bonds is 5. The Morgan fingerprint density at radius 1 is 1.33 bits per heavy atom. The van der Waals surface area contributed by atoms with E-state index in [4.69, 9.17) is 0 Å². The lowest BCUT2D eigenvalue weighted by Gasteiger charge is -2.22. The molecule has 1 aromatic rings. The zero-order valence-electron chi connectivity index (χ0n) is 13.5. The number of anilines is 1. The lowest BCUT2D eigenvalue weighted by molar-refractivity contribution is 0.681. The van der Waals surface area contributed by atoms with Gasteiger partial charge >= 0.3 is 0 Å². The highest BCUT2D eigenvalue weighted by Crippen LogP contribution is 2.23. The number of aliphatic imine (C=N–C) groups is 1. The summed E-state index contributed by atoms with van der Waals surface area (Å²) in [5.74, 6) is 0.871. The topological polar surface area (TPSA) is 39.7 Å². The van der Waals surface area contributed by atoms with Crippen LogP contribution in [0.4, 0.5) is 5.69 Å². The molecule has 116 valence electrons. The third-order valence-electron chi connectivity index (χ3n) is 3.96. The monoisotopic (exact) mass is 288 g/mol. The second-order valence-corrected chi connectivity index (χ2v) is 5.65. The van der Waals surface area contributed by atoms with E-state index in [1.165, 1.54) is 37.2 Å². The van der Waals surface area contributed by atoms with Crippen LogP contribution in [0, 0.1) is 0 Å². The van der Waals surface area contributed by atoms with E-state index in [1.807, 2.05) is 7.05 Å². The molecule has 1 saturated heterocycles. The highest BCUT2D eigenvalue weighted by Gasteiger charge is 2.14. The van der Waals surface area contributed by atoms with Crippen molar-refractivity contribution in [3.63, 3.8) is 0 Å². The Labute approximate surface area is 128 Å². The van der Waals surface area contributed by atoms with Gasteiger partial charge in [0.1, 0.15) is 0 Å². The van der Waals surface area contributed by atoms with Crippen LogP contribution in [-0.2, 0) is 0 Å². The van der Waals surface area contributed by atoms with Crippen molar-refractivity contribution >= 4 is 11.6 Å². The van der Waals surface area contributed by atoms with E-state index in [2.05, 4.69) is 58.6 Å². The van der Waals surface area contributed by atoms with Crippen LogP contribution in [0.1, 0.15) is 44.7 Å². The lowest BCUT2D eigenvalue weighted by Crippen LogP contribution is -2.39. The van der Waals surface area contributed by atoms with Gasteiger partial charge in [-0.05, 0) is 43.9 Å². The lowest BCUT2D eigenvalue weighted by atomic mass is 10.1. The summed E-state index contributed by atoms with van der Waals surface area (Å²) in [7, 11) is 1.82. The largest absolute Gasteiger partial charge is 0.372 e. The number of nitrogens with one attached hydrogen (secondary N) is 2. The third kappa shape index (κ3) is 4.38. The second kappa shape index (κ2) is 7.91. The van der Waals surface area contributed by atoms with Crippen molar-refractivity contribution in [2.45, 2.75) is 39.2 Å². The molecule has 0 radical (unpaired) electrons. The molecule has 1 unspecified atom stereocenters. The molecule has 0 amide bonds. The van der Waals surface area contributed by atoms with Gasteiger partial charge in [0.15, 0.2) is 5.96 Å². The standard InChI is InChI=1S/C17H28N4/c1-4-10-19-17(18-3)20-14(2)15-8-7-9-16(13-15)21-11-5-6-12-21/h7-9,13-14H,4-6,10-12H2,1-3H3,(H2,18,19,20). The Kier molecular flexibility index (Phi) is 5.90. The number of nitrogens with zero attached hydrogens (tertiary/aromatic N) is 2. The van der Waals surface area contributed by atoms with Crippen molar-refractivity contribution in [3.05, 3.63) is 29.8 Å². The van der Waals surface area contributed by atoms with E-state index in [0.717, 1.165) is 18.9 Å². The maximum Gasteiger partial charge on any atom is 0.191 e. The van der Waals surface area contributed by atoms with E-state index >= 15 is 0 Å². The minimum Gasteiger partial charge on any atom is -0.372 e. The van der Waals surface area contributed by atoms with Crippen molar-refractivity contribution in [1.82, 2.24) is 10.6 Å². The second-order valence-electron chi connectivity index (χ2n) is 5.65. The first-order valence-electron chi connectivity index (χ1n) is 8.06. The summed E-state index contributed by atoms with van der Waals surface area (Å²) in [6, 6.07) is 9.10. The SMILES string of the molecule is CCCNC(=NC)NC(C)c1cccc(N2CCCC2)c1. The first-order chi connectivity index (χ1) is 10.2. The van der Waals surface area contributed by atoms with Gasteiger partial charge < -0.3 is 15.5 Å². The van der Waals surface area contributed by atoms with Crippen LogP contribution in [0.5, 0.6) is 0 Å². The fourth-order valence-electron chi connectivity index (χ4n) is 2.69. The summed E-state index contributed by atoms with van der Waals surface area (Å²) in [5.41, 5.74) is 2.65. The van der Waals surface area contributed by atoms with E-state index in [1.54, 1.807) is 0 Å². The average Bonchev–Trinajstić information content (AvgIpc) is 3.05. The first-order valence-corrected chi connectivity index (χ1v) is 8.06. The summed E-state index contributed by atoms with van der Waals surface area (Å²) in [6.07, 6.45) is 3.72. The Morgan fingerprint density at radius 3 is 2.76 bits per heavy atom. The first kappa shape index (κ1) is 15.7. The molecule has 1 fully saturated rings. The van der Waals surface area contributed by atoms with Gasteiger partial charge in [-0.3, -0.25) is 4.99 Å². The van der Waals surface area contributed by atoms with Crippen LogP contribution in [-0.4, -0.2) is 32.6 Å². The summed E-state index contributed by atoms with van der Waals surface area (Å²) in [4.78, 5) is 6.75. The van der Waals surface area contributed by atoms with Crippen LogP contribution in [0.15, 0.2) is 29.3 Å². The Morgan fingerprint density at radius 2 is 2.10 bits per heavy atom. The zero-order valence-corrected chi connectivity index (χ0v) is 13.5. The Bertz CT molecular complexity index is 464. The average molecular weight is 288 g/mol. The minimum absolute atomic E-state index is 0.246. The quantitative estimate of drug-likeness (QED) is 0.646. The maximum absolute atomic E-state index is 4.27. The zero-order chi connectivity index (χ0) is 15.1. The molecular formula is C17H28N4.